The summed E-state index contributed by atoms with van der Waals surface area (Å²) < 4.78 is 5.42. The van der Waals surface area contributed by atoms with Gasteiger partial charge in [0.25, 0.3) is 5.91 Å². The molecule has 0 aliphatic carbocycles. The molecule has 0 saturated heterocycles. The van der Waals surface area contributed by atoms with Gasteiger partial charge in [-0.15, -0.1) is 10.2 Å². The number of ether oxygens (including phenoxy) is 1. The van der Waals surface area contributed by atoms with Crippen LogP contribution in [0.1, 0.15) is 17.3 Å². The summed E-state index contributed by atoms with van der Waals surface area (Å²) in [6, 6.07) is 8.84. The van der Waals surface area contributed by atoms with Crippen LogP contribution in [0.5, 0.6) is 0 Å². The van der Waals surface area contributed by atoms with Gasteiger partial charge in [0.05, 0.1) is 12.4 Å². The van der Waals surface area contributed by atoms with Crippen LogP contribution in [0.25, 0.3) is 0 Å². The number of nitrogens with one attached hydrogen (secondary N) is 1. The van der Waals surface area contributed by atoms with Crippen LogP contribution in [0.15, 0.2) is 34.7 Å². The summed E-state index contributed by atoms with van der Waals surface area (Å²) in [6.07, 6.45) is 0. The van der Waals surface area contributed by atoms with E-state index in [0.29, 0.717) is 21.6 Å². The fourth-order valence-corrected chi connectivity index (χ4v) is 2.95. The van der Waals surface area contributed by atoms with E-state index in [1.165, 1.54) is 23.1 Å². The quantitative estimate of drug-likeness (QED) is 0.499. The monoisotopic (exact) mass is 323 g/mol. The maximum atomic E-state index is 11.9. The van der Waals surface area contributed by atoms with Gasteiger partial charge >= 0.3 is 5.97 Å². The Hall–Kier alpha value is -1.93. The summed E-state index contributed by atoms with van der Waals surface area (Å²) in [7, 11) is 0. The van der Waals surface area contributed by atoms with Crippen molar-refractivity contribution in [3.8, 4) is 0 Å². The minimum absolute atomic E-state index is 0.176. The number of carbonyl (C=O) groups excluding carboxylic acids is 2. The molecule has 1 amide bonds. The highest BCUT2D eigenvalue weighted by Gasteiger charge is 2.11. The average molecular weight is 323 g/mol. The molecule has 0 fully saturated rings. The van der Waals surface area contributed by atoms with E-state index in [4.69, 9.17) is 4.74 Å². The van der Waals surface area contributed by atoms with E-state index in [1.54, 1.807) is 31.2 Å². The fraction of sp³-hybridized carbons (Fsp3) is 0.231. The normalized spacial score (nSPS) is 10.1. The Morgan fingerprint density at radius 3 is 2.76 bits per heavy atom. The van der Waals surface area contributed by atoms with Crippen molar-refractivity contribution in [2.45, 2.75) is 11.3 Å². The molecule has 0 unspecified atom stereocenters. The summed E-state index contributed by atoms with van der Waals surface area (Å²) >= 11 is 2.45. The molecule has 110 valence electrons. The highest BCUT2D eigenvalue weighted by Crippen LogP contribution is 2.25. The molecule has 0 saturated carbocycles. The van der Waals surface area contributed by atoms with Crippen LogP contribution >= 0.6 is 23.1 Å². The van der Waals surface area contributed by atoms with Crippen molar-refractivity contribution in [3.63, 3.8) is 0 Å². The first-order valence-corrected chi connectivity index (χ1v) is 7.97. The molecular weight excluding hydrogens is 310 g/mol. The molecule has 0 radical (unpaired) electrons. The van der Waals surface area contributed by atoms with Crippen molar-refractivity contribution in [2.24, 2.45) is 0 Å². The van der Waals surface area contributed by atoms with E-state index in [2.05, 4.69) is 15.5 Å². The maximum Gasteiger partial charge on any atom is 0.316 e. The number of aromatic nitrogens is 2. The third-order valence-electron chi connectivity index (χ3n) is 2.28. The predicted octanol–water partition coefficient (Wildman–Crippen LogP) is 2.45. The third kappa shape index (κ3) is 4.83. The number of hydrogen-bond acceptors (Lipinski definition) is 7. The van der Waals surface area contributed by atoms with E-state index in [0.717, 1.165) is 0 Å². The summed E-state index contributed by atoms with van der Waals surface area (Å²) in [5, 5.41) is 10.8. The second kappa shape index (κ2) is 7.75. The van der Waals surface area contributed by atoms with Gasteiger partial charge in [-0.05, 0) is 19.1 Å². The molecule has 0 spiro atoms. The Balaban J connectivity index is 1.88. The van der Waals surface area contributed by atoms with Crippen molar-refractivity contribution in [3.05, 3.63) is 35.9 Å². The lowest BCUT2D eigenvalue weighted by Gasteiger charge is -2.00. The number of carbonyl (C=O) groups is 2. The lowest BCUT2D eigenvalue weighted by molar-refractivity contribution is -0.139. The number of anilines is 1. The molecule has 6 nitrogen and oxygen atoms in total. The van der Waals surface area contributed by atoms with E-state index in [9.17, 15) is 9.59 Å². The topological polar surface area (TPSA) is 81.2 Å². The van der Waals surface area contributed by atoms with Crippen molar-refractivity contribution < 1.29 is 14.3 Å². The molecule has 0 atom stereocenters. The van der Waals surface area contributed by atoms with E-state index in [1.807, 2.05) is 6.07 Å². The van der Waals surface area contributed by atoms with Crippen molar-refractivity contribution in [2.75, 3.05) is 17.7 Å². The van der Waals surface area contributed by atoms with Crippen molar-refractivity contribution >= 4 is 40.1 Å². The Morgan fingerprint density at radius 1 is 1.29 bits per heavy atom. The van der Waals surface area contributed by atoms with Gasteiger partial charge in [0.15, 0.2) is 4.34 Å². The van der Waals surface area contributed by atoms with Gasteiger partial charge in [-0.25, -0.2) is 0 Å². The zero-order valence-electron chi connectivity index (χ0n) is 11.2. The molecule has 8 heteroatoms. The standard InChI is InChI=1S/C13H13N3O3S2/c1-2-19-10(17)8-20-13-16-15-12(21-13)14-11(18)9-6-4-3-5-7-9/h3-7H,2,8H2,1H3,(H,14,15,18). The number of nitrogens with zero attached hydrogens (tertiary/aromatic N) is 2. The summed E-state index contributed by atoms with van der Waals surface area (Å²) in [5.74, 6) is -0.365. The first-order chi connectivity index (χ1) is 10.2. The minimum atomic E-state index is -0.299. The number of amides is 1. The van der Waals surface area contributed by atoms with Crippen LogP contribution in [-0.4, -0.2) is 34.4 Å². The first-order valence-electron chi connectivity index (χ1n) is 6.17. The van der Waals surface area contributed by atoms with Gasteiger partial charge < -0.3 is 4.74 Å². The number of rotatable bonds is 6. The van der Waals surface area contributed by atoms with Gasteiger partial charge in [0, 0.05) is 5.56 Å². The molecule has 0 bridgehead atoms. The predicted molar refractivity (Wildman–Crippen MR) is 81.7 cm³/mol. The molecule has 21 heavy (non-hydrogen) atoms. The highest BCUT2D eigenvalue weighted by atomic mass is 32.2. The molecule has 2 aromatic rings. The number of thioether (sulfide) groups is 1. The Bertz CT molecular complexity index is 616. The average Bonchev–Trinajstić information content (AvgIpc) is 2.94. The van der Waals surface area contributed by atoms with Crippen molar-refractivity contribution in [1.82, 2.24) is 10.2 Å². The minimum Gasteiger partial charge on any atom is -0.465 e. The largest absolute Gasteiger partial charge is 0.465 e. The second-order valence-corrected chi connectivity index (χ2v) is 5.99. The zero-order chi connectivity index (χ0) is 15.1. The summed E-state index contributed by atoms with van der Waals surface area (Å²) in [4.78, 5) is 23.2. The second-order valence-electron chi connectivity index (χ2n) is 3.79. The Kier molecular flexibility index (Phi) is 5.70. The zero-order valence-corrected chi connectivity index (χ0v) is 12.9. The fourth-order valence-electron chi connectivity index (χ4n) is 1.40. The van der Waals surface area contributed by atoms with Crippen LogP contribution in [0, 0.1) is 0 Å². The summed E-state index contributed by atoms with van der Waals surface area (Å²) in [6.45, 7) is 2.11. The van der Waals surface area contributed by atoms with Crippen LogP contribution < -0.4 is 5.32 Å². The third-order valence-corrected chi connectivity index (χ3v) is 4.23. The van der Waals surface area contributed by atoms with Crippen LogP contribution in [0.3, 0.4) is 0 Å². The molecule has 2 rings (SSSR count). The van der Waals surface area contributed by atoms with Crippen LogP contribution in [0.4, 0.5) is 5.13 Å². The summed E-state index contributed by atoms with van der Waals surface area (Å²) in [5.41, 5.74) is 0.549. The Morgan fingerprint density at radius 2 is 2.05 bits per heavy atom. The first kappa shape index (κ1) is 15.5. The van der Waals surface area contributed by atoms with Gasteiger partial charge in [0.1, 0.15) is 0 Å². The smallest absolute Gasteiger partial charge is 0.316 e. The SMILES string of the molecule is CCOC(=O)CSc1nnc(NC(=O)c2ccccc2)s1. The maximum absolute atomic E-state index is 11.9. The van der Waals surface area contributed by atoms with E-state index < -0.39 is 0 Å². The molecule has 0 aliphatic rings. The lowest BCUT2D eigenvalue weighted by Crippen LogP contribution is -2.11. The molecule has 0 aliphatic heterocycles. The number of esters is 1. The Labute approximate surface area is 129 Å². The van der Waals surface area contributed by atoms with Gasteiger partial charge in [-0.3, -0.25) is 14.9 Å². The molecular formula is C13H13N3O3S2. The van der Waals surface area contributed by atoms with E-state index in [-0.39, 0.29) is 17.6 Å². The van der Waals surface area contributed by atoms with Crippen molar-refractivity contribution in [1.29, 1.82) is 0 Å². The lowest BCUT2D eigenvalue weighted by atomic mass is 10.2. The molecule has 1 N–H and O–H groups in total. The van der Waals surface area contributed by atoms with E-state index >= 15 is 0 Å². The van der Waals surface area contributed by atoms with Gasteiger partial charge in [0.2, 0.25) is 5.13 Å². The van der Waals surface area contributed by atoms with Gasteiger partial charge in [-0.2, -0.15) is 0 Å². The molecule has 1 aromatic heterocycles. The highest BCUT2D eigenvalue weighted by molar-refractivity contribution is 8.01. The van der Waals surface area contributed by atoms with Gasteiger partial charge in [-0.1, -0.05) is 41.3 Å². The number of benzene rings is 1. The number of hydrogen-bond donors (Lipinski definition) is 1. The molecule has 1 heterocycles. The van der Waals surface area contributed by atoms with Crippen LogP contribution in [0.2, 0.25) is 0 Å². The van der Waals surface area contributed by atoms with Crippen LogP contribution in [-0.2, 0) is 9.53 Å². The molecule has 1 aromatic carbocycles.